The summed E-state index contributed by atoms with van der Waals surface area (Å²) >= 11 is 0. The molecule has 0 radical (unpaired) electrons. The van der Waals surface area contributed by atoms with E-state index in [-0.39, 0.29) is 65.7 Å². The van der Waals surface area contributed by atoms with Crippen LogP contribution in [0.4, 0.5) is 61.5 Å². The second-order valence-corrected chi connectivity index (χ2v) is 11.9. The third-order valence-corrected chi connectivity index (χ3v) is 7.76. The van der Waals surface area contributed by atoms with Crippen molar-refractivity contribution < 1.29 is 90.0 Å². The van der Waals surface area contributed by atoms with Gasteiger partial charge in [-0.2, -0.15) is 61.5 Å². The molecule has 304 valence electrons. The molecule has 3 rings (SSSR count). The van der Waals surface area contributed by atoms with E-state index in [0.717, 1.165) is 0 Å². The summed E-state index contributed by atoms with van der Waals surface area (Å²) in [5, 5.41) is 0. The van der Waals surface area contributed by atoms with Gasteiger partial charge in [0.05, 0.1) is 24.3 Å². The molecule has 6 nitrogen and oxygen atoms in total. The van der Waals surface area contributed by atoms with Crippen LogP contribution in [-0.4, -0.2) is 61.2 Å². The van der Waals surface area contributed by atoms with Crippen LogP contribution in [-0.2, 0) is 0 Å². The Kier molecular flexibility index (Phi) is 14.1. The van der Waals surface area contributed by atoms with Crippen molar-refractivity contribution in [3.63, 3.8) is 0 Å². The molecule has 55 heavy (non-hydrogen) atoms. The van der Waals surface area contributed by atoms with Crippen molar-refractivity contribution in [1.82, 2.24) is 0 Å². The van der Waals surface area contributed by atoms with Gasteiger partial charge in [-0.3, -0.25) is 0 Å². The molecule has 0 spiro atoms. The average molecular weight is 813 g/mol. The number of unbranched alkanes of at least 4 members (excludes halogenated alkanes) is 2. The van der Waals surface area contributed by atoms with Crippen LogP contribution in [0.1, 0.15) is 64.8 Å². The molecule has 0 aliphatic rings. The summed E-state index contributed by atoms with van der Waals surface area (Å²) in [4.78, 5) is 25.5. The van der Waals surface area contributed by atoms with Crippen molar-refractivity contribution in [3.05, 3.63) is 83.4 Å². The predicted octanol–water partition coefficient (Wildman–Crippen LogP) is 11.2. The van der Waals surface area contributed by atoms with Gasteiger partial charge in [0.15, 0.2) is 0 Å². The third-order valence-electron chi connectivity index (χ3n) is 7.76. The lowest BCUT2D eigenvalue weighted by molar-refractivity contribution is -0.356. The quantitative estimate of drug-likeness (QED) is 0.0551. The van der Waals surface area contributed by atoms with Gasteiger partial charge in [0.25, 0.3) is 0 Å². The fourth-order valence-corrected chi connectivity index (χ4v) is 4.51. The Balaban J connectivity index is 1.47. The summed E-state index contributed by atoms with van der Waals surface area (Å²) in [6, 6.07) is 14.4. The Morgan fingerprint density at radius 2 is 0.818 bits per heavy atom. The first-order chi connectivity index (χ1) is 25.3. The van der Waals surface area contributed by atoms with Crippen molar-refractivity contribution >= 4 is 11.9 Å². The van der Waals surface area contributed by atoms with Gasteiger partial charge in [-0.15, -0.1) is 0 Å². The fraction of sp³-hybridized carbons (Fsp3) is 0.429. The topological polar surface area (TPSA) is 71.1 Å². The number of halogens is 14. The van der Waals surface area contributed by atoms with Crippen molar-refractivity contribution in [2.45, 2.75) is 81.5 Å². The monoisotopic (exact) mass is 812 g/mol. The van der Waals surface area contributed by atoms with Crippen molar-refractivity contribution in [3.8, 4) is 23.0 Å². The minimum absolute atomic E-state index is 0.00595. The molecule has 0 aliphatic carbocycles. The average Bonchev–Trinajstić information content (AvgIpc) is 3.09. The molecule has 0 bridgehead atoms. The highest BCUT2D eigenvalue weighted by Gasteiger charge is 2.73. The number of esters is 2. The summed E-state index contributed by atoms with van der Waals surface area (Å²) in [6.07, 6.45) is -18.2. The fourth-order valence-electron chi connectivity index (χ4n) is 4.51. The Bertz CT molecular complexity index is 1610. The molecule has 0 N–H and O–H groups in total. The number of hydrogen-bond acceptors (Lipinski definition) is 6. The SMILES string of the molecule is Cc1c(OC(=O)c2ccc(OCCCCC(F)(F)C(F)(F)C(F)(F)F)cc2)cccc1OC(=O)c1ccc(OCCCCC(F)(F)C(F)(F)C(F)(F)F)cc1. The molecule has 20 heteroatoms. The van der Waals surface area contributed by atoms with Gasteiger partial charge in [0, 0.05) is 18.4 Å². The number of rotatable bonds is 18. The summed E-state index contributed by atoms with van der Waals surface area (Å²) in [7, 11) is 0. The molecule has 0 heterocycles. The van der Waals surface area contributed by atoms with Gasteiger partial charge in [-0.1, -0.05) is 6.07 Å². The lowest BCUT2D eigenvalue weighted by Crippen LogP contribution is -2.51. The summed E-state index contributed by atoms with van der Waals surface area (Å²) < 4.78 is 200. The van der Waals surface area contributed by atoms with Gasteiger partial charge in [-0.05, 0) is 93.3 Å². The molecular formula is C35H30F14O6. The molecular weight excluding hydrogens is 782 g/mol. The first-order valence-electron chi connectivity index (χ1n) is 15.9. The highest BCUT2D eigenvalue weighted by Crippen LogP contribution is 2.49. The van der Waals surface area contributed by atoms with Crippen molar-refractivity contribution in [1.29, 1.82) is 0 Å². The maximum atomic E-state index is 13.4. The molecule has 0 aliphatic heterocycles. The lowest BCUT2D eigenvalue weighted by Gasteiger charge is -2.28. The van der Waals surface area contributed by atoms with E-state index in [1.165, 1.54) is 73.7 Å². The zero-order chi connectivity index (χ0) is 41.5. The maximum absolute atomic E-state index is 13.4. The zero-order valence-electron chi connectivity index (χ0n) is 28.2. The molecule has 0 aromatic heterocycles. The number of alkyl halides is 14. The highest BCUT2D eigenvalue weighted by molar-refractivity contribution is 5.92. The normalized spacial score (nSPS) is 13.0. The van der Waals surface area contributed by atoms with Gasteiger partial charge in [0.2, 0.25) is 0 Å². The molecule has 0 fully saturated rings. The Morgan fingerprint density at radius 1 is 0.491 bits per heavy atom. The molecule has 0 unspecified atom stereocenters. The van der Waals surface area contributed by atoms with E-state index < -0.39 is 73.7 Å². The van der Waals surface area contributed by atoms with Crippen LogP contribution in [0.5, 0.6) is 23.0 Å². The van der Waals surface area contributed by atoms with E-state index in [9.17, 15) is 71.1 Å². The van der Waals surface area contributed by atoms with E-state index in [1.54, 1.807) is 0 Å². The van der Waals surface area contributed by atoms with Crippen LogP contribution >= 0.6 is 0 Å². The minimum atomic E-state index is -6.41. The van der Waals surface area contributed by atoms with Crippen LogP contribution < -0.4 is 18.9 Å². The van der Waals surface area contributed by atoms with Crippen LogP contribution in [0, 0.1) is 6.92 Å². The molecule has 3 aromatic carbocycles. The second-order valence-electron chi connectivity index (χ2n) is 11.9. The van der Waals surface area contributed by atoms with Crippen LogP contribution in [0.3, 0.4) is 0 Å². The number of carbonyl (C=O) groups excluding carboxylic acids is 2. The molecule has 0 atom stereocenters. The largest absolute Gasteiger partial charge is 0.494 e. The molecule has 0 saturated heterocycles. The lowest BCUT2D eigenvalue weighted by atomic mass is 10.0. The van der Waals surface area contributed by atoms with E-state index >= 15 is 0 Å². The standard InChI is InChI=1S/C35H30F14O6/c1-21-26(54-28(50)22-9-13-24(14-10-22)52-19-4-2-17-30(36,37)32(40,41)34(44,45)46)7-6-8-27(21)55-29(51)23-11-15-25(16-12-23)53-20-5-3-18-31(38,39)33(42,43)35(47,48)49/h6-16H,2-5,17-20H2,1H3. The minimum Gasteiger partial charge on any atom is -0.494 e. The molecule has 0 saturated carbocycles. The maximum Gasteiger partial charge on any atom is 0.459 e. The molecule has 3 aromatic rings. The number of ether oxygens (including phenoxy) is 4. The van der Waals surface area contributed by atoms with Crippen LogP contribution in [0.2, 0.25) is 0 Å². The molecule has 0 amide bonds. The summed E-state index contributed by atoms with van der Waals surface area (Å²) in [6.45, 7) is 0.858. The smallest absolute Gasteiger partial charge is 0.459 e. The van der Waals surface area contributed by atoms with Crippen molar-refractivity contribution in [2.75, 3.05) is 13.2 Å². The predicted molar refractivity (Wildman–Crippen MR) is 165 cm³/mol. The van der Waals surface area contributed by atoms with Gasteiger partial charge >= 0.3 is 48.0 Å². The summed E-state index contributed by atoms with van der Waals surface area (Å²) in [5.74, 6) is -24.5. The van der Waals surface area contributed by atoms with Crippen LogP contribution in [0.25, 0.3) is 0 Å². The van der Waals surface area contributed by atoms with E-state index in [1.807, 2.05) is 0 Å². The number of benzene rings is 3. The van der Waals surface area contributed by atoms with Crippen LogP contribution in [0.15, 0.2) is 66.7 Å². The van der Waals surface area contributed by atoms with Gasteiger partial charge in [-0.25, -0.2) is 9.59 Å². The van der Waals surface area contributed by atoms with Gasteiger partial charge < -0.3 is 18.9 Å². The first kappa shape index (κ1) is 44.6. The Morgan fingerprint density at radius 3 is 1.13 bits per heavy atom. The van der Waals surface area contributed by atoms with E-state index in [2.05, 4.69) is 0 Å². The zero-order valence-corrected chi connectivity index (χ0v) is 28.2. The van der Waals surface area contributed by atoms with E-state index in [0.29, 0.717) is 0 Å². The third kappa shape index (κ3) is 11.1. The summed E-state index contributed by atoms with van der Waals surface area (Å²) in [5.41, 5.74) is 0.235. The van der Waals surface area contributed by atoms with E-state index in [4.69, 9.17) is 18.9 Å². The Labute approximate surface area is 303 Å². The van der Waals surface area contributed by atoms with Crippen molar-refractivity contribution in [2.24, 2.45) is 0 Å². The second kappa shape index (κ2) is 17.3. The number of hydrogen-bond donors (Lipinski definition) is 0. The number of carbonyl (C=O) groups is 2. The van der Waals surface area contributed by atoms with Gasteiger partial charge in [0.1, 0.15) is 23.0 Å². The first-order valence-corrected chi connectivity index (χ1v) is 15.9. The Hall–Kier alpha value is -4.78. The highest BCUT2D eigenvalue weighted by atomic mass is 19.4.